The lowest BCUT2D eigenvalue weighted by Crippen LogP contribution is -2.46. The van der Waals surface area contributed by atoms with Crippen molar-refractivity contribution in [3.05, 3.63) is 71.3 Å². The molecule has 0 saturated heterocycles. The van der Waals surface area contributed by atoms with Gasteiger partial charge in [0.05, 0.1) is 5.56 Å². The zero-order valence-electron chi connectivity index (χ0n) is 17.0. The molecule has 1 aromatic rings. The maximum Gasteiger partial charge on any atom is 0.338 e. The Hall–Kier alpha value is -2.09. The molecule has 0 aromatic heterocycles. The number of hydrogen-bond acceptors (Lipinski definition) is 2. The minimum Gasteiger partial charge on any atom is -0.458 e. The number of esters is 1. The summed E-state index contributed by atoms with van der Waals surface area (Å²) >= 11 is 0. The number of carbonyl (C=O) groups excluding carboxylic acids is 1. The zero-order valence-corrected chi connectivity index (χ0v) is 17.0. The van der Waals surface area contributed by atoms with E-state index in [2.05, 4.69) is 38.2 Å². The first-order valence-corrected chi connectivity index (χ1v) is 10.9. The van der Waals surface area contributed by atoms with Gasteiger partial charge in [-0.25, -0.2) is 4.79 Å². The highest BCUT2D eigenvalue weighted by Gasteiger charge is 2.56. The molecule has 0 N–H and O–H groups in total. The molecular weight excluding hydrogens is 344 g/mol. The second-order valence-corrected chi connectivity index (χ2v) is 9.63. The van der Waals surface area contributed by atoms with Gasteiger partial charge in [0.1, 0.15) is 6.10 Å². The molecule has 2 heteroatoms. The predicted octanol–water partition coefficient (Wildman–Crippen LogP) is 6.26. The van der Waals surface area contributed by atoms with E-state index in [-0.39, 0.29) is 17.5 Å². The minimum absolute atomic E-state index is 0.0245. The van der Waals surface area contributed by atoms with Crippen LogP contribution in [0, 0.1) is 22.7 Å². The summed E-state index contributed by atoms with van der Waals surface area (Å²) in [5.74, 6) is 1.03. The van der Waals surface area contributed by atoms with E-state index in [1.54, 1.807) is 5.57 Å². The van der Waals surface area contributed by atoms with Crippen molar-refractivity contribution in [2.75, 3.05) is 0 Å². The highest BCUT2D eigenvalue weighted by molar-refractivity contribution is 5.89. The van der Waals surface area contributed by atoms with E-state index in [0.29, 0.717) is 22.8 Å². The minimum atomic E-state index is -0.168. The summed E-state index contributed by atoms with van der Waals surface area (Å²) in [5.41, 5.74) is 4.17. The second kappa shape index (κ2) is 6.47. The van der Waals surface area contributed by atoms with Crippen molar-refractivity contribution in [3.8, 4) is 0 Å². The van der Waals surface area contributed by atoms with Gasteiger partial charge in [0.2, 0.25) is 0 Å². The highest BCUT2D eigenvalue weighted by Crippen LogP contribution is 2.63. The maximum absolute atomic E-state index is 12.7. The van der Waals surface area contributed by atoms with Crippen LogP contribution in [0.1, 0.15) is 62.7 Å². The van der Waals surface area contributed by atoms with Gasteiger partial charge >= 0.3 is 5.97 Å². The summed E-state index contributed by atoms with van der Waals surface area (Å²) in [7, 11) is 0. The Labute approximate surface area is 168 Å². The Morgan fingerprint density at radius 1 is 1.00 bits per heavy atom. The molecule has 0 radical (unpaired) electrons. The zero-order chi connectivity index (χ0) is 19.4. The van der Waals surface area contributed by atoms with Crippen molar-refractivity contribution in [2.24, 2.45) is 22.7 Å². The summed E-state index contributed by atoms with van der Waals surface area (Å²) in [4.78, 5) is 12.7. The monoisotopic (exact) mass is 374 g/mol. The number of benzene rings is 1. The first-order valence-electron chi connectivity index (χ1n) is 10.9. The maximum atomic E-state index is 12.7. The predicted molar refractivity (Wildman–Crippen MR) is 112 cm³/mol. The highest BCUT2D eigenvalue weighted by atomic mass is 16.5. The van der Waals surface area contributed by atoms with Gasteiger partial charge in [-0.1, -0.05) is 61.9 Å². The third-order valence-corrected chi connectivity index (χ3v) is 8.30. The molecule has 4 aliphatic rings. The van der Waals surface area contributed by atoms with Crippen LogP contribution < -0.4 is 0 Å². The number of hydrogen-bond donors (Lipinski definition) is 0. The van der Waals surface area contributed by atoms with Crippen molar-refractivity contribution < 1.29 is 9.53 Å². The third-order valence-electron chi connectivity index (χ3n) is 8.30. The van der Waals surface area contributed by atoms with Crippen molar-refractivity contribution in [2.45, 2.75) is 58.5 Å². The van der Waals surface area contributed by atoms with E-state index in [1.807, 2.05) is 30.3 Å². The van der Waals surface area contributed by atoms with Crippen LogP contribution in [0.5, 0.6) is 0 Å². The number of carbonyl (C=O) groups is 1. The molecule has 1 aromatic carbocycles. The normalized spacial score (nSPS) is 38.6. The van der Waals surface area contributed by atoms with Gasteiger partial charge in [0.25, 0.3) is 0 Å². The van der Waals surface area contributed by atoms with Crippen LogP contribution in [-0.4, -0.2) is 12.1 Å². The Bertz CT molecular complexity index is 877. The van der Waals surface area contributed by atoms with Crippen LogP contribution in [-0.2, 0) is 4.74 Å². The van der Waals surface area contributed by atoms with Crippen LogP contribution in [0.15, 0.2) is 65.8 Å². The summed E-state index contributed by atoms with van der Waals surface area (Å²) < 4.78 is 6.09. The lowest BCUT2D eigenvalue weighted by molar-refractivity contribution is -0.0238. The summed E-state index contributed by atoms with van der Waals surface area (Å²) in [6, 6.07) is 9.43. The summed E-state index contributed by atoms with van der Waals surface area (Å²) in [5, 5.41) is 0. The third kappa shape index (κ3) is 2.57. The fourth-order valence-electron chi connectivity index (χ4n) is 6.57. The Kier molecular flexibility index (Phi) is 4.15. The van der Waals surface area contributed by atoms with E-state index >= 15 is 0 Å². The van der Waals surface area contributed by atoms with Gasteiger partial charge in [-0.2, -0.15) is 0 Å². The fraction of sp³-hybridized carbons (Fsp3) is 0.500. The quantitative estimate of drug-likeness (QED) is 0.571. The smallest absolute Gasteiger partial charge is 0.338 e. The SMILES string of the molecule is CC12CCC=CC1=CC=C1C2CCC2(C)C(OC(=O)c3ccccc3)CCC12. The van der Waals surface area contributed by atoms with E-state index in [4.69, 9.17) is 4.74 Å². The van der Waals surface area contributed by atoms with Gasteiger partial charge in [-0.15, -0.1) is 0 Å². The van der Waals surface area contributed by atoms with Crippen LogP contribution in [0.4, 0.5) is 0 Å². The molecule has 28 heavy (non-hydrogen) atoms. The molecule has 0 spiro atoms. The lowest BCUT2D eigenvalue weighted by atomic mass is 9.52. The Balaban J connectivity index is 1.41. The second-order valence-electron chi connectivity index (χ2n) is 9.63. The van der Waals surface area contributed by atoms with Crippen molar-refractivity contribution in [1.82, 2.24) is 0 Å². The van der Waals surface area contributed by atoms with Crippen LogP contribution >= 0.6 is 0 Å². The largest absolute Gasteiger partial charge is 0.458 e. The number of ether oxygens (including phenoxy) is 1. The average Bonchev–Trinajstić information content (AvgIpc) is 3.04. The Morgan fingerprint density at radius 2 is 1.82 bits per heavy atom. The molecule has 0 bridgehead atoms. The average molecular weight is 375 g/mol. The first kappa shape index (κ1) is 18.0. The van der Waals surface area contributed by atoms with Crippen LogP contribution in [0.3, 0.4) is 0 Å². The van der Waals surface area contributed by atoms with Gasteiger partial charge in [0, 0.05) is 5.41 Å². The van der Waals surface area contributed by atoms with Gasteiger partial charge in [0.15, 0.2) is 0 Å². The number of fused-ring (bicyclic) bond motifs is 5. The van der Waals surface area contributed by atoms with E-state index in [0.717, 1.165) is 19.3 Å². The molecule has 5 atom stereocenters. The molecule has 2 nitrogen and oxygen atoms in total. The first-order chi connectivity index (χ1) is 13.5. The van der Waals surface area contributed by atoms with Crippen molar-refractivity contribution in [3.63, 3.8) is 0 Å². The fourth-order valence-corrected chi connectivity index (χ4v) is 6.57. The molecule has 4 aliphatic carbocycles. The molecule has 5 rings (SSSR count). The number of allylic oxidation sites excluding steroid dienone is 6. The molecule has 5 unspecified atom stereocenters. The summed E-state index contributed by atoms with van der Waals surface area (Å²) in [6.45, 7) is 4.84. The molecule has 146 valence electrons. The standard InChI is InChI=1S/C26H30O2/c1-25-16-7-6-10-19(25)11-12-20-21-13-14-23(26(21,2)17-15-22(20)25)28-24(27)18-8-4-3-5-9-18/h3-6,8-12,21-23H,7,13-17H2,1-2H3. The van der Waals surface area contributed by atoms with Crippen molar-refractivity contribution >= 4 is 5.97 Å². The molecule has 0 heterocycles. The molecule has 0 aliphatic heterocycles. The summed E-state index contributed by atoms with van der Waals surface area (Å²) in [6.07, 6.45) is 16.4. The van der Waals surface area contributed by atoms with Gasteiger partial charge in [-0.3, -0.25) is 0 Å². The molecule has 2 fully saturated rings. The molecule has 2 saturated carbocycles. The van der Waals surface area contributed by atoms with E-state index in [9.17, 15) is 4.79 Å². The number of rotatable bonds is 2. The topological polar surface area (TPSA) is 26.3 Å². The van der Waals surface area contributed by atoms with E-state index < -0.39 is 0 Å². The van der Waals surface area contributed by atoms with Crippen LogP contribution in [0.2, 0.25) is 0 Å². The van der Waals surface area contributed by atoms with Gasteiger partial charge in [-0.05, 0) is 73.5 Å². The molecule has 0 amide bonds. The van der Waals surface area contributed by atoms with Gasteiger partial charge < -0.3 is 4.74 Å². The molecular formula is C26H30O2. The Morgan fingerprint density at radius 3 is 2.64 bits per heavy atom. The lowest BCUT2D eigenvalue weighted by Gasteiger charge is -2.53. The van der Waals surface area contributed by atoms with E-state index in [1.165, 1.54) is 24.8 Å². The van der Waals surface area contributed by atoms with Crippen LogP contribution in [0.25, 0.3) is 0 Å². The van der Waals surface area contributed by atoms with Crippen molar-refractivity contribution in [1.29, 1.82) is 0 Å².